The summed E-state index contributed by atoms with van der Waals surface area (Å²) in [6.45, 7) is -0.242. The molecule has 0 amide bonds. The largest absolute Gasteiger partial charge is 0.486 e. The number of nitriles is 1. The number of hydrogen-bond donors (Lipinski definition) is 1. The zero-order chi connectivity index (χ0) is 20.3. The average Bonchev–Trinajstić information content (AvgIpc) is 2.65. The molecule has 9 heteroatoms. The van der Waals surface area contributed by atoms with Crippen LogP contribution in [0, 0.1) is 28.8 Å². The minimum atomic E-state index is -0.772. The molecule has 0 fully saturated rings. The minimum absolute atomic E-state index is 0.0493. The van der Waals surface area contributed by atoms with Gasteiger partial charge in [-0.2, -0.15) is 5.26 Å². The molecule has 1 heterocycles. The predicted molar refractivity (Wildman–Crippen MR) is 97.4 cm³/mol. The molecule has 0 aliphatic heterocycles. The Balaban J connectivity index is 1.90. The van der Waals surface area contributed by atoms with Gasteiger partial charge in [0.05, 0.1) is 5.69 Å². The number of aromatic nitrogens is 2. The summed E-state index contributed by atoms with van der Waals surface area (Å²) in [6.07, 6.45) is 1.70. The number of hydrogen-bond acceptors (Lipinski definition) is 5. The number of halogens is 3. The Morgan fingerprint density at radius 1 is 1.18 bits per heavy atom. The summed E-state index contributed by atoms with van der Waals surface area (Å²) in [4.78, 5) is 18.6. The number of nitrogens with one attached hydrogen (secondary N) is 1. The molecule has 5 nitrogen and oxygen atoms in total. The molecule has 2 aromatic carbocycles. The Bertz CT molecular complexity index is 1120. The lowest BCUT2D eigenvalue weighted by Gasteiger charge is -2.10. The fourth-order valence-corrected chi connectivity index (χ4v) is 2.86. The summed E-state index contributed by atoms with van der Waals surface area (Å²) in [5, 5.41) is 9.49. The van der Waals surface area contributed by atoms with E-state index in [0.29, 0.717) is 0 Å². The van der Waals surface area contributed by atoms with Crippen molar-refractivity contribution in [1.82, 2.24) is 9.97 Å². The maximum absolute atomic E-state index is 14.4. The molecular weight excluding hydrogens is 391 g/mol. The quantitative estimate of drug-likeness (QED) is 0.514. The van der Waals surface area contributed by atoms with E-state index >= 15 is 0 Å². The molecular formula is C19H12F3N3O2S. The SMILES string of the molecule is CSc1nc(-c2ccc(OCc3cc(F)cc(F)c3)c(F)c2)c(C#N)c(=O)[nH]1. The molecule has 1 aromatic heterocycles. The predicted octanol–water partition coefficient (Wildman–Crippen LogP) is 4.03. The van der Waals surface area contributed by atoms with Gasteiger partial charge < -0.3 is 9.72 Å². The van der Waals surface area contributed by atoms with Crippen LogP contribution in [0.25, 0.3) is 11.3 Å². The van der Waals surface area contributed by atoms with Crippen molar-refractivity contribution in [3.63, 3.8) is 0 Å². The second kappa shape index (κ2) is 8.19. The van der Waals surface area contributed by atoms with E-state index in [4.69, 9.17) is 4.74 Å². The van der Waals surface area contributed by atoms with Gasteiger partial charge in [-0.15, -0.1) is 0 Å². The van der Waals surface area contributed by atoms with Crippen molar-refractivity contribution < 1.29 is 17.9 Å². The first-order valence-corrected chi connectivity index (χ1v) is 9.10. The number of H-pyrrole nitrogens is 1. The van der Waals surface area contributed by atoms with Crippen LogP contribution in [0.1, 0.15) is 11.1 Å². The number of benzene rings is 2. The smallest absolute Gasteiger partial charge is 0.270 e. The standard InChI is InChI=1S/C19H12F3N3O2S/c1-28-19-24-17(14(8-23)18(26)25-19)11-2-3-16(15(22)6-11)27-9-10-4-12(20)7-13(21)5-10/h2-7H,9H2,1H3,(H,24,25,26). The van der Waals surface area contributed by atoms with Crippen molar-refractivity contribution in [2.75, 3.05) is 6.26 Å². The van der Waals surface area contributed by atoms with Gasteiger partial charge in [-0.3, -0.25) is 4.79 Å². The fraction of sp³-hybridized carbons (Fsp3) is 0.105. The van der Waals surface area contributed by atoms with Crippen LogP contribution in [0.2, 0.25) is 0 Å². The third-order valence-electron chi connectivity index (χ3n) is 3.72. The Kier molecular flexibility index (Phi) is 5.70. The first kappa shape index (κ1) is 19.5. The van der Waals surface area contributed by atoms with Crippen LogP contribution in [0.3, 0.4) is 0 Å². The zero-order valence-corrected chi connectivity index (χ0v) is 15.2. The van der Waals surface area contributed by atoms with Gasteiger partial charge in [0.1, 0.15) is 29.9 Å². The van der Waals surface area contributed by atoms with Gasteiger partial charge in [0.2, 0.25) is 0 Å². The van der Waals surface area contributed by atoms with E-state index in [1.165, 1.54) is 23.9 Å². The molecule has 0 aliphatic rings. The second-order valence-electron chi connectivity index (χ2n) is 5.62. The molecule has 0 radical (unpaired) electrons. The van der Waals surface area contributed by atoms with E-state index < -0.39 is 23.0 Å². The first-order chi connectivity index (χ1) is 13.4. The lowest BCUT2D eigenvalue weighted by Crippen LogP contribution is -2.14. The molecule has 0 bridgehead atoms. The highest BCUT2D eigenvalue weighted by Crippen LogP contribution is 2.27. The Labute approximate surface area is 161 Å². The molecule has 0 saturated heterocycles. The highest BCUT2D eigenvalue weighted by atomic mass is 32.2. The zero-order valence-electron chi connectivity index (χ0n) is 14.4. The number of ether oxygens (including phenoxy) is 1. The summed E-state index contributed by atoms with van der Waals surface area (Å²) < 4.78 is 46.1. The molecule has 28 heavy (non-hydrogen) atoms. The number of rotatable bonds is 5. The van der Waals surface area contributed by atoms with E-state index in [2.05, 4.69) is 9.97 Å². The van der Waals surface area contributed by atoms with Crippen LogP contribution >= 0.6 is 11.8 Å². The van der Waals surface area contributed by atoms with Crippen LogP contribution in [0.15, 0.2) is 46.3 Å². The molecule has 1 N–H and O–H groups in total. The topological polar surface area (TPSA) is 78.8 Å². The summed E-state index contributed by atoms with van der Waals surface area (Å²) >= 11 is 1.17. The van der Waals surface area contributed by atoms with Gasteiger partial charge >= 0.3 is 0 Å². The molecule has 0 saturated carbocycles. The van der Waals surface area contributed by atoms with Gasteiger partial charge in [0.15, 0.2) is 16.7 Å². The molecule has 0 unspecified atom stereocenters. The van der Waals surface area contributed by atoms with Gasteiger partial charge in [-0.1, -0.05) is 11.8 Å². The third-order valence-corrected chi connectivity index (χ3v) is 4.30. The van der Waals surface area contributed by atoms with Crippen LogP contribution in [0.4, 0.5) is 13.2 Å². The Hall–Kier alpha value is -3.25. The van der Waals surface area contributed by atoms with Crippen molar-refractivity contribution in [2.45, 2.75) is 11.8 Å². The van der Waals surface area contributed by atoms with E-state index in [-0.39, 0.29) is 39.9 Å². The normalized spacial score (nSPS) is 10.5. The van der Waals surface area contributed by atoms with Crippen LogP contribution in [-0.2, 0) is 6.61 Å². The highest BCUT2D eigenvalue weighted by Gasteiger charge is 2.15. The summed E-state index contributed by atoms with van der Waals surface area (Å²) in [5.74, 6) is -2.44. The molecule has 0 spiro atoms. The van der Waals surface area contributed by atoms with Gasteiger partial charge in [0, 0.05) is 11.6 Å². The van der Waals surface area contributed by atoms with Crippen LogP contribution < -0.4 is 10.3 Å². The van der Waals surface area contributed by atoms with Gasteiger partial charge in [-0.25, -0.2) is 18.2 Å². The van der Waals surface area contributed by atoms with E-state index in [1.807, 2.05) is 0 Å². The summed E-state index contributed by atoms with van der Waals surface area (Å²) in [5.41, 5.74) is -0.381. The fourth-order valence-electron chi connectivity index (χ4n) is 2.48. The third kappa shape index (κ3) is 4.18. The van der Waals surface area contributed by atoms with E-state index in [1.54, 1.807) is 12.3 Å². The Morgan fingerprint density at radius 3 is 2.50 bits per heavy atom. The number of aromatic amines is 1. The van der Waals surface area contributed by atoms with Gasteiger partial charge in [0.25, 0.3) is 5.56 Å². The van der Waals surface area contributed by atoms with Crippen molar-refractivity contribution in [3.8, 4) is 23.1 Å². The number of nitrogens with zero attached hydrogens (tertiary/aromatic N) is 2. The molecule has 0 aliphatic carbocycles. The molecule has 0 atom stereocenters. The second-order valence-corrected chi connectivity index (χ2v) is 6.42. The van der Waals surface area contributed by atoms with Gasteiger partial charge in [-0.05, 0) is 42.2 Å². The molecule has 142 valence electrons. The van der Waals surface area contributed by atoms with Crippen molar-refractivity contribution in [1.29, 1.82) is 5.26 Å². The average molecular weight is 403 g/mol. The monoisotopic (exact) mass is 403 g/mol. The highest BCUT2D eigenvalue weighted by molar-refractivity contribution is 7.98. The van der Waals surface area contributed by atoms with E-state index in [9.17, 15) is 23.2 Å². The Morgan fingerprint density at radius 2 is 1.89 bits per heavy atom. The molecule has 3 rings (SSSR count). The van der Waals surface area contributed by atoms with Crippen LogP contribution in [-0.4, -0.2) is 16.2 Å². The van der Waals surface area contributed by atoms with Crippen molar-refractivity contribution in [2.24, 2.45) is 0 Å². The summed E-state index contributed by atoms with van der Waals surface area (Å²) in [6, 6.07) is 8.47. The lowest BCUT2D eigenvalue weighted by atomic mass is 10.1. The van der Waals surface area contributed by atoms with Crippen molar-refractivity contribution in [3.05, 3.63) is 75.3 Å². The van der Waals surface area contributed by atoms with Crippen LogP contribution in [0.5, 0.6) is 5.75 Å². The summed E-state index contributed by atoms with van der Waals surface area (Å²) in [7, 11) is 0. The maximum Gasteiger partial charge on any atom is 0.270 e. The molecule has 3 aromatic rings. The van der Waals surface area contributed by atoms with Crippen molar-refractivity contribution >= 4 is 11.8 Å². The van der Waals surface area contributed by atoms with E-state index in [0.717, 1.165) is 24.3 Å². The minimum Gasteiger partial charge on any atom is -0.486 e. The number of thioether (sulfide) groups is 1. The maximum atomic E-state index is 14.4. The lowest BCUT2D eigenvalue weighted by molar-refractivity contribution is 0.289. The first-order valence-electron chi connectivity index (χ1n) is 7.87.